The van der Waals surface area contributed by atoms with Crippen molar-refractivity contribution < 1.29 is 24.2 Å². The van der Waals surface area contributed by atoms with Gasteiger partial charge in [0.2, 0.25) is 0 Å². The molecule has 0 heterocycles. The minimum Gasteiger partial charge on any atom is -0.443 e. The number of carbonyl (C=O) groups excluding carboxylic acids is 2. The van der Waals surface area contributed by atoms with E-state index in [9.17, 15) is 14.7 Å². The fourth-order valence-corrected chi connectivity index (χ4v) is 1.00. The number of nitrogens with zero attached hydrogens (tertiary/aromatic N) is 1. The van der Waals surface area contributed by atoms with Crippen LogP contribution in [0.2, 0.25) is 0 Å². The topological polar surface area (TPSA) is 76.1 Å². The third-order valence-electron chi connectivity index (χ3n) is 1.55. The molecule has 18 heavy (non-hydrogen) atoms. The van der Waals surface area contributed by atoms with Crippen molar-refractivity contribution in [3.05, 3.63) is 0 Å². The number of aliphatic hydroxyl groups is 1. The molecule has 0 aromatic carbocycles. The Kier molecular flexibility index (Phi) is 5.16. The Hall–Kier alpha value is -1.30. The minimum absolute atomic E-state index is 0.538. The zero-order valence-corrected chi connectivity index (χ0v) is 12.1. The molecule has 0 saturated carbocycles. The van der Waals surface area contributed by atoms with Crippen molar-refractivity contribution in [3.8, 4) is 0 Å². The molecule has 2 amide bonds. The van der Waals surface area contributed by atoms with Crippen molar-refractivity contribution in [1.82, 2.24) is 4.90 Å². The van der Waals surface area contributed by atoms with E-state index in [-0.39, 0.29) is 0 Å². The summed E-state index contributed by atoms with van der Waals surface area (Å²) in [6, 6.07) is 0. The molecule has 0 aliphatic heterocycles. The predicted molar refractivity (Wildman–Crippen MR) is 66.0 cm³/mol. The van der Waals surface area contributed by atoms with Gasteiger partial charge in [-0.3, -0.25) is 0 Å². The van der Waals surface area contributed by atoms with Gasteiger partial charge in [0.15, 0.2) is 0 Å². The molecule has 0 aromatic heterocycles. The van der Waals surface area contributed by atoms with E-state index in [1.807, 2.05) is 0 Å². The summed E-state index contributed by atoms with van der Waals surface area (Å²) in [6.07, 6.45) is -3.20. The van der Waals surface area contributed by atoms with Gasteiger partial charge in [-0.2, -0.15) is 4.90 Å². The average Bonchev–Trinajstić information content (AvgIpc) is 1.93. The second-order valence-electron chi connectivity index (χ2n) is 5.96. The third kappa shape index (κ3) is 6.44. The van der Waals surface area contributed by atoms with E-state index in [1.54, 1.807) is 41.5 Å². The third-order valence-corrected chi connectivity index (χ3v) is 1.55. The Morgan fingerprint density at radius 2 is 1.22 bits per heavy atom. The lowest BCUT2D eigenvalue weighted by Crippen LogP contribution is -2.47. The first-order valence-corrected chi connectivity index (χ1v) is 5.77. The molecule has 0 aliphatic rings. The molecule has 0 aliphatic carbocycles. The van der Waals surface area contributed by atoms with E-state index in [2.05, 4.69) is 0 Å². The van der Waals surface area contributed by atoms with Gasteiger partial charge in [-0.1, -0.05) is 0 Å². The number of amides is 2. The lowest BCUT2D eigenvalue weighted by molar-refractivity contribution is -0.0381. The first kappa shape index (κ1) is 16.7. The fourth-order valence-electron chi connectivity index (χ4n) is 1.00. The molecule has 6 nitrogen and oxygen atoms in total. The fraction of sp³-hybridized carbons (Fsp3) is 0.833. The quantitative estimate of drug-likeness (QED) is 0.734. The van der Waals surface area contributed by atoms with Crippen LogP contribution in [0.25, 0.3) is 0 Å². The van der Waals surface area contributed by atoms with E-state index in [4.69, 9.17) is 9.47 Å². The Balaban J connectivity index is 4.88. The zero-order valence-electron chi connectivity index (χ0n) is 12.1. The Labute approximate surface area is 108 Å². The number of carbonyl (C=O) groups is 2. The van der Waals surface area contributed by atoms with Crippen molar-refractivity contribution in [2.45, 2.75) is 65.9 Å². The van der Waals surface area contributed by atoms with Crippen molar-refractivity contribution >= 4 is 12.2 Å². The highest BCUT2D eigenvalue weighted by atomic mass is 16.6. The highest BCUT2D eigenvalue weighted by Gasteiger charge is 2.33. The molecule has 0 rings (SSSR count). The van der Waals surface area contributed by atoms with Gasteiger partial charge in [0.25, 0.3) is 0 Å². The number of imide groups is 1. The van der Waals surface area contributed by atoms with Crippen molar-refractivity contribution in [1.29, 1.82) is 0 Å². The molecule has 0 fully saturated rings. The molecule has 0 saturated heterocycles. The Morgan fingerprint density at radius 3 is 1.39 bits per heavy atom. The standard InChI is InChI=1S/C12H23NO5/c1-8(14)13(9(15)17-11(2,3)4)10(16)18-12(5,6)7/h8,14H,1-7H3. The number of rotatable bonds is 1. The first-order valence-electron chi connectivity index (χ1n) is 5.77. The Morgan fingerprint density at radius 1 is 0.944 bits per heavy atom. The maximum Gasteiger partial charge on any atom is 0.421 e. The summed E-state index contributed by atoms with van der Waals surface area (Å²) in [7, 11) is 0. The second kappa shape index (κ2) is 5.56. The Bertz CT molecular complexity index is 283. The summed E-state index contributed by atoms with van der Waals surface area (Å²) in [5, 5.41) is 9.47. The predicted octanol–water partition coefficient (Wildman–Crippen LogP) is 2.50. The van der Waals surface area contributed by atoms with Gasteiger partial charge >= 0.3 is 12.2 Å². The second-order valence-corrected chi connectivity index (χ2v) is 5.96. The smallest absolute Gasteiger partial charge is 0.421 e. The summed E-state index contributed by atoms with van der Waals surface area (Å²) in [6.45, 7) is 11.3. The van der Waals surface area contributed by atoms with Gasteiger partial charge in [-0.25, -0.2) is 9.59 Å². The number of hydrogen-bond donors (Lipinski definition) is 1. The largest absolute Gasteiger partial charge is 0.443 e. The van der Waals surface area contributed by atoms with E-state index in [0.29, 0.717) is 4.90 Å². The monoisotopic (exact) mass is 261 g/mol. The number of ether oxygens (including phenoxy) is 2. The molecule has 0 aromatic rings. The molecule has 1 atom stereocenters. The van der Waals surface area contributed by atoms with E-state index >= 15 is 0 Å². The van der Waals surface area contributed by atoms with Crippen LogP contribution in [0, 0.1) is 0 Å². The maximum absolute atomic E-state index is 11.8. The maximum atomic E-state index is 11.8. The molecular formula is C12H23NO5. The number of aliphatic hydroxyl groups excluding tert-OH is 1. The van der Waals surface area contributed by atoms with Gasteiger partial charge in [-0.05, 0) is 48.5 Å². The van der Waals surface area contributed by atoms with Crippen LogP contribution >= 0.6 is 0 Å². The summed E-state index contributed by atoms with van der Waals surface area (Å²) in [5.74, 6) is 0. The van der Waals surface area contributed by atoms with Crippen LogP contribution in [0.15, 0.2) is 0 Å². The molecule has 1 N–H and O–H groups in total. The molecular weight excluding hydrogens is 238 g/mol. The lowest BCUT2D eigenvalue weighted by Gasteiger charge is -2.29. The van der Waals surface area contributed by atoms with Gasteiger partial charge in [-0.15, -0.1) is 0 Å². The van der Waals surface area contributed by atoms with Gasteiger partial charge in [0, 0.05) is 0 Å². The number of hydrogen-bond acceptors (Lipinski definition) is 5. The van der Waals surface area contributed by atoms with Crippen LogP contribution in [-0.4, -0.2) is 39.6 Å². The molecule has 0 spiro atoms. The summed E-state index contributed by atoms with van der Waals surface area (Å²) < 4.78 is 10.0. The highest BCUT2D eigenvalue weighted by Crippen LogP contribution is 2.15. The highest BCUT2D eigenvalue weighted by molar-refractivity contribution is 5.88. The average molecular weight is 261 g/mol. The van der Waals surface area contributed by atoms with Crippen molar-refractivity contribution in [2.75, 3.05) is 0 Å². The van der Waals surface area contributed by atoms with Crippen LogP contribution < -0.4 is 0 Å². The molecule has 0 bridgehead atoms. The molecule has 1 unspecified atom stereocenters. The van der Waals surface area contributed by atoms with Crippen LogP contribution in [0.3, 0.4) is 0 Å². The van der Waals surface area contributed by atoms with Crippen LogP contribution in [0.5, 0.6) is 0 Å². The SMILES string of the molecule is CC(O)N(C(=O)OC(C)(C)C)C(=O)OC(C)(C)C. The molecule has 6 heteroatoms. The lowest BCUT2D eigenvalue weighted by atomic mass is 10.2. The minimum atomic E-state index is -1.32. The molecule has 106 valence electrons. The summed E-state index contributed by atoms with van der Waals surface area (Å²) in [5.41, 5.74) is -1.52. The van der Waals surface area contributed by atoms with Crippen LogP contribution in [-0.2, 0) is 9.47 Å². The zero-order chi connectivity index (χ0) is 14.7. The normalized spacial score (nSPS) is 13.8. The van der Waals surface area contributed by atoms with E-state index in [0.717, 1.165) is 0 Å². The van der Waals surface area contributed by atoms with Crippen LogP contribution in [0.4, 0.5) is 9.59 Å². The van der Waals surface area contributed by atoms with Gasteiger partial charge in [0.05, 0.1) is 0 Å². The van der Waals surface area contributed by atoms with E-state index in [1.165, 1.54) is 6.92 Å². The van der Waals surface area contributed by atoms with Crippen molar-refractivity contribution in [3.63, 3.8) is 0 Å². The van der Waals surface area contributed by atoms with Gasteiger partial charge < -0.3 is 14.6 Å². The van der Waals surface area contributed by atoms with Crippen molar-refractivity contribution in [2.24, 2.45) is 0 Å². The van der Waals surface area contributed by atoms with Gasteiger partial charge in [0.1, 0.15) is 17.4 Å². The van der Waals surface area contributed by atoms with E-state index < -0.39 is 29.6 Å². The van der Waals surface area contributed by atoms with Crippen LogP contribution in [0.1, 0.15) is 48.5 Å². The summed E-state index contributed by atoms with van der Waals surface area (Å²) >= 11 is 0. The molecule has 0 radical (unpaired) electrons. The first-order chi connectivity index (χ1) is 7.83. The summed E-state index contributed by atoms with van der Waals surface area (Å²) in [4.78, 5) is 24.1.